The van der Waals surface area contributed by atoms with Crippen molar-refractivity contribution in [2.75, 3.05) is 6.54 Å². The van der Waals surface area contributed by atoms with E-state index in [1.165, 1.54) is 25.8 Å². The van der Waals surface area contributed by atoms with Crippen molar-refractivity contribution in [3.63, 3.8) is 0 Å². The van der Waals surface area contributed by atoms with E-state index in [1.54, 1.807) is 6.26 Å². The molecule has 0 spiro atoms. The summed E-state index contributed by atoms with van der Waals surface area (Å²) in [5.74, 6) is 1.10. The van der Waals surface area contributed by atoms with Crippen molar-refractivity contribution in [2.24, 2.45) is 0 Å². The maximum Gasteiger partial charge on any atom is 0.117 e. The Balaban J connectivity index is 1.69. The summed E-state index contributed by atoms with van der Waals surface area (Å²) in [7, 11) is 0. The van der Waals surface area contributed by atoms with Crippen LogP contribution in [0, 0.1) is 0 Å². The molecule has 0 saturated carbocycles. The Bertz CT molecular complexity index is 243. The second-order valence-corrected chi connectivity index (χ2v) is 3.80. The molecule has 2 atom stereocenters. The Morgan fingerprint density at radius 1 is 1.62 bits per heavy atom. The number of hydrogen-bond acceptors (Lipinski definition) is 2. The van der Waals surface area contributed by atoms with Crippen LogP contribution >= 0.6 is 0 Å². The Hall–Kier alpha value is -0.760. The highest BCUT2D eigenvalue weighted by molar-refractivity contribution is 5.01. The average Bonchev–Trinajstić information content (AvgIpc) is 2.62. The monoisotopic (exact) mass is 179 g/mol. The fraction of sp³-hybridized carbons (Fsp3) is 0.636. The number of hydrogen-bond donors (Lipinski definition) is 0. The Kier molecular flexibility index (Phi) is 2.69. The normalized spacial score (nSPS) is 26.2. The molecule has 72 valence electrons. The third kappa shape index (κ3) is 2.34. The summed E-state index contributed by atoms with van der Waals surface area (Å²) in [5, 5.41) is 0. The third-order valence-electron chi connectivity index (χ3n) is 2.66. The molecule has 2 heteroatoms. The first-order valence-corrected chi connectivity index (χ1v) is 5.16. The van der Waals surface area contributed by atoms with Crippen molar-refractivity contribution in [1.29, 1.82) is 0 Å². The number of furan rings is 1. The summed E-state index contributed by atoms with van der Waals surface area (Å²) in [4.78, 5) is 2.47. The maximum atomic E-state index is 5.30. The molecule has 1 aliphatic heterocycles. The minimum atomic E-state index is 0.838. The molecule has 0 amide bonds. The lowest BCUT2D eigenvalue weighted by Crippen LogP contribution is -2.00. The lowest BCUT2D eigenvalue weighted by atomic mass is 10.2. The summed E-state index contributed by atoms with van der Waals surface area (Å²) in [5.41, 5.74) is 0. The predicted molar refractivity (Wildman–Crippen MR) is 52.4 cm³/mol. The molecule has 0 aliphatic carbocycles. The van der Waals surface area contributed by atoms with Crippen LogP contribution in [0.5, 0.6) is 0 Å². The van der Waals surface area contributed by atoms with Gasteiger partial charge in [-0.3, -0.25) is 4.90 Å². The molecule has 0 bridgehead atoms. The molecule has 1 aromatic rings. The van der Waals surface area contributed by atoms with Crippen molar-refractivity contribution >= 4 is 0 Å². The molecule has 0 aromatic carbocycles. The Morgan fingerprint density at radius 3 is 3.23 bits per heavy atom. The van der Waals surface area contributed by atoms with Gasteiger partial charge in [-0.05, 0) is 18.6 Å². The molecule has 0 N–H and O–H groups in total. The summed E-state index contributed by atoms with van der Waals surface area (Å²) < 4.78 is 5.30. The van der Waals surface area contributed by atoms with Crippen LogP contribution in [-0.2, 0) is 6.54 Å². The van der Waals surface area contributed by atoms with Crippen LogP contribution in [-0.4, -0.2) is 17.5 Å². The topological polar surface area (TPSA) is 16.1 Å². The molecular formula is C11H17NO. The van der Waals surface area contributed by atoms with Gasteiger partial charge in [0.2, 0.25) is 0 Å². The van der Waals surface area contributed by atoms with E-state index < -0.39 is 0 Å². The fourth-order valence-corrected chi connectivity index (χ4v) is 1.73. The molecule has 0 radical (unpaired) electrons. The first kappa shape index (κ1) is 8.82. The first-order valence-electron chi connectivity index (χ1n) is 5.16. The molecule has 2 nitrogen and oxygen atoms in total. The lowest BCUT2D eigenvalue weighted by molar-refractivity contribution is 0.405. The predicted octanol–water partition coefficient (Wildman–Crippen LogP) is 2.65. The van der Waals surface area contributed by atoms with Crippen LogP contribution in [0.2, 0.25) is 0 Å². The van der Waals surface area contributed by atoms with E-state index in [0.29, 0.717) is 0 Å². The van der Waals surface area contributed by atoms with E-state index in [2.05, 4.69) is 17.9 Å². The standard InChI is InChI=1S/C11H17NO/c1-2-3-5-10-8-12(10)9-11-6-4-7-13-11/h4,6-7,10H,2-3,5,8-9H2,1H3/t10-,12?/m1/s1. The van der Waals surface area contributed by atoms with E-state index >= 15 is 0 Å². The molecule has 1 fully saturated rings. The fourth-order valence-electron chi connectivity index (χ4n) is 1.73. The smallest absolute Gasteiger partial charge is 0.117 e. The van der Waals surface area contributed by atoms with Crippen molar-refractivity contribution < 1.29 is 4.42 Å². The third-order valence-corrected chi connectivity index (χ3v) is 2.66. The Labute approximate surface area is 79.5 Å². The van der Waals surface area contributed by atoms with Crippen LogP contribution in [0.4, 0.5) is 0 Å². The van der Waals surface area contributed by atoms with Crippen molar-refractivity contribution in [3.8, 4) is 0 Å². The van der Waals surface area contributed by atoms with Crippen LogP contribution < -0.4 is 0 Å². The first-order chi connectivity index (χ1) is 6.40. The van der Waals surface area contributed by atoms with E-state index in [-0.39, 0.29) is 0 Å². The zero-order chi connectivity index (χ0) is 9.10. The second kappa shape index (κ2) is 3.97. The van der Waals surface area contributed by atoms with Crippen LogP contribution in [0.15, 0.2) is 22.8 Å². The Morgan fingerprint density at radius 2 is 2.54 bits per heavy atom. The summed E-state index contributed by atoms with van der Waals surface area (Å²) in [6, 6.07) is 4.85. The minimum Gasteiger partial charge on any atom is -0.468 e. The average molecular weight is 179 g/mol. The quantitative estimate of drug-likeness (QED) is 0.646. The van der Waals surface area contributed by atoms with Crippen LogP contribution in [0.25, 0.3) is 0 Å². The van der Waals surface area contributed by atoms with Gasteiger partial charge in [0.25, 0.3) is 0 Å². The molecule has 1 aromatic heterocycles. The lowest BCUT2D eigenvalue weighted by Gasteiger charge is -1.99. The van der Waals surface area contributed by atoms with Crippen LogP contribution in [0.1, 0.15) is 31.9 Å². The van der Waals surface area contributed by atoms with Gasteiger partial charge in [0, 0.05) is 12.6 Å². The van der Waals surface area contributed by atoms with E-state index in [1.807, 2.05) is 6.07 Å². The molecule has 2 heterocycles. The van der Waals surface area contributed by atoms with E-state index in [4.69, 9.17) is 4.42 Å². The summed E-state index contributed by atoms with van der Waals surface area (Å²) in [6.07, 6.45) is 5.78. The minimum absolute atomic E-state index is 0.838. The second-order valence-electron chi connectivity index (χ2n) is 3.80. The van der Waals surface area contributed by atoms with E-state index in [9.17, 15) is 0 Å². The molecule has 1 saturated heterocycles. The van der Waals surface area contributed by atoms with E-state index in [0.717, 1.165) is 18.3 Å². The highest BCUT2D eigenvalue weighted by atomic mass is 16.3. The van der Waals surface area contributed by atoms with Crippen LogP contribution in [0.3, 0.4) is 0 Å². The van der Waals surface area contributed by atoms with Gasteiger partial charge in [-0.2, -0.15) is 0 Å². The highest BCUT2D eigenvalue weighted by Crippen LogP contribution is 2.25. The molecular weight excluding hydrogens is 162 g/mol. The van der Waals surface area contributed by atoms with Gasteiger partial charge in [-0.15, -0.1) is 0 Å². The van der Waals surface area contributed by atoms with Gasteiger partial charge >= 0.3 is 0 Å². The van der Waals surface area contributed by atoms with Crippen molar-refractivity contribution in [3.05, 3.63) is 24.2 Å². The number of unbranched alkanes of at least 4 members (excludes halogenated alkanes) is 1. The summed E-state index contributed by atoms with van der Waals surface area (Å²) >= 11 is 0. The molecule has 2 rings (SSSR count). The van der Waals surface area contributed by atoms with Gasteiger partial charge in [-0.25, -0.2) is 0 Å². The summed E-state index contributed by atoms with van der Waals surface area (Å²) in [6.45, 7) is 4.52. The van der Waals surface area contributed by atoms with Gasteiger partial charge in [0.05, 0.1) is 12.8 Å². The van der Waals surface area contributed by atoms with Crippen molar-refractivity contribution in [1.82, 2.24) is 4.90 Å². The number of nitrogens with zero attached hydrogens (tertiary/aromatic N) is 1. The largest absolute Gasteiger partial charge is 0.468 e. The zero-order valence-corrected chi connectivity index (χ0v) is 8.20. The highest BCUT2D eigenvalue weighted by Gasteiger charge is 2.33. The molecule has 1 aliphatic rings. The SMILES string of the molecule is CCCC[C@@H]1CN1Cc1ccco1. The number of rotatable bonds is 5. The van der Waals surface area contributed by atoms with Gasteiger partial charge in [-0.1, -0.05) is 19.8 Å². The van der Waals surface area contributed by atoms with Gasteiger partial charge in [0.15, 0.2) is 0 Å². The zero-order valence-electron chi connectivity index (χ0n) is 8.20. The molecule has 1 unspecified atom stereocenters. The maximum absolute atomic E-state index is 5.30. The van der Waals surface area contributed by atoms with Crippen molar-refractivity contribution in [2.45, 2.75) is 38.8 Å². The molecule has 13 heavy (non-hydrogen) atoms. The van der Waals surface area contributed by atoms with Gasteiger partial charge in [0.1, 0.15) is 5.76 Å². The van der Waals surface area contributed by atoms with Gasteiger partial charge < -0.3 is 4.42 Å².